The smallest absolute Gasteiger partial charge is 0.251 e. The molecule has 7 heteroatoms. The molecular formula is C12H17ClN2O3S. The Morgan fingerprint density at radius 3 is 2.37 bits per heavy atom. The van der Waals surface area contributed by atoms with Crippen molar-refractivity contribution in [1.82, 2.24) is 9.62 Å². The summed E-state index contributed by atoms with van der Waals surface area (Å²) in [6, 6.07) is 4.16. The van der Waals surface area contributed by atoms with Gasteiger partial charge in [-0.3, -0.25) is 4.79 Å². The third-order valence-corrected chi connectivity index (χ3v) is 4.67. The molecule has 0 saturated carbocycles. The molecule has 0 aliphatic rings. The lowest BCUT2D eigenvalue weighted by molar-refractivity contribution is 0.0943. The van der Waals surface area contributed by atoms with Crippen LogP contribution in [0.15, 0.2) is 23.1 Å². The molecule has 0 unspecified atom stereocenters. The molecule has 0 bridgehead atoms. The minimum atomic E-state index is -3.67. The molecule has 0 fully saturated rings. The van der Waals surface area contributed by atoms with Crippen LogP contribution in [0.25, 0.3) is 0 Å². The Hall–Kier alpha value is -1.11. The first-order valence-electron chi connectivity index (χ1n) is 5.69. The number of carbonyl (C=O) groups is 1. The summed E-state index contributed by atoms with van der Waals surface area (Å²) >= 11 is 5.90. The molecule has 0 atom stereocenters. The predicted molar refractivity (Wildman–Crippen MR) is 74.9 cm³/mol. The SMILES string of the molecule is CC(C)NC(=O)c1ccc(Cl)c(S(=O)(=O)N(C)C)c1. The van der Waals surface area contributed by atoms with Gasteiger partial charge in [0, 0.05) is 25.7 Å². The fraction of sp³-hybridized carbons (Fsp3) is 0.417. The van der Waals surface area contributed by atoms with Crippen LogP contribution in [0.3, 0.4) is 0 Å². The second-order valence-electron chi connectivity index (χ2n) is 4.56. The topological polar surface area (TPSA) is 66.5 Å². The molecule has 0 heterocycles. The van der Waals surface area contributed by atoms with Gasteiger partial charge in [-0.25, -0.2) is 12.7 Å². The van der Waals surface area contributed by atoms with E-state index in [-0.39, 0.29) is 27.4 Å². The summed E-state index contributed by atoms with van der Waals surface area (Å²) in [7, 11) is -0.852. The third kappa shape index (κ3) is 3.68. The quantitative estimate of drug-likeness (QED) is 0.921. The second-order valence-corrected chi connectivity index (χ2v) is 7.09. The van der Waals surface area contributed by atoms with E-state index in [0.29, 0.717) is 0 Å². The molecule has 0 aromatic heterocycles. The van der Waals surface area contributed by atoms with Crippen LogP contribution in [-0.4, -0.2) is 38.8 Å². The van der Waals surface area contributed by atoms with Gasteiger partial charge < -0.3 is 5.32 Å². The van der Waals surface area contributed by atoms with Crippen molar-refractivity contribution in [3.05, 3.63) is 28.8 Å². The first-order chi connectivity index (χ1) is 8.66. The van der Waals surface area contributed by atoms with E-state index < -0.39 is 10.0 Å². The van der Waals surface area contributed by atoms with Gasteiger partial charge in [0.1, 0.15) is 4.90 Å². The molecule has 0 spiro atoms. The second kappa shape index (κ2) is 5.90. The first kappa shape index (κ1) is 15.9. The van der Waals surface area contributed by atoms with Crippen LogP contribution in [0.5, 0.6) is 0 Å². The molecule has 106 valence electrons. The first-order valence-corrected chi connectivity index (χ1v) is 7.51. The number of benzene rings is 1. The molecule has 0 aliphatic heterocycles. The highest BCUT2D eigenvalue weighted by Crippen LogP contribution is 2.24. The highest BCUT2D eigenvalue weighted by atomic mass is 35.5. The Morgan fingerprint density at radius 2 is 1.89 bits per heavy atom. The number of hydrogen-bond donors (Lipinski definition) is 1. The van der Waals surface area contributed by atoms with Crippen molar-refractivity contribution >= 4 is 27.5 Å². The summed E-state index contributed by atoms with van der Waals surface area (Å²) < 4.78 is 25.2. The molecule has 1 aromatic rings. The molecule has 0 radical (unpaired) electrons. The van der Waals surface area contributed by atoms with Crippen molar-refractivity contribution in [3.8, 4) is 0 Å². The van der Waals surface area contributed by atoms with Crippen molar-refractivity contribution in [1.29, 1.82) is 0 Å². The van der Waals surface area contributed by atoms with Gasteiger partial charge in [-0.15, -0.1) is 0 Å². The Morgan fingerprint density at radius 1 is 1.32 bits per heavy atom. The minimum Gasteiger partial charge on any atom is -0.350 e. The van der Waals surface area contributed by atoms with Gasteiger partial charge in [-0.2, -0.15) is 0 Å². The van der Waals surface area contributed by atoms with E-state index >= 15 is 0 Å². The van der Waals surface area contributed by atoms with Crippen molar-refractivity contribution in [2.45, 2.75) is 24.8 Å². The van der Waals surface area contributed by atoms with Crippen LogP contribution < -0.4 is 5.32 Å². The monoisotopic (exact) mass is 304 g/mol. The van der Waals surface area contributed by atoms with Crippen LogP contribution >= 0.6 is 11.6 Å². The lowest BCUT2D eigenvalue weighted by Crippen LogP contribution is -2.30. The van der Waals surface area contributed by atoms with Gasteiger partial charge in [0.05, 0.1) is 5.02 Å². The maximum Gasteiger partial charge on any atom is 0.251 e. The summed E-state index contributed by atoms with van der Waals surface area (Å²) in [5, 5.41) is 2.79. The highest BCUT2D eigenvalue weighted by Gasteiger charge is 2.22. The van der Waals surface area contributed by atoms with Gasteiger partial charge in [-0.05, 0) is 32.0 Å². The van der Waals surface area contributed by atoms with E-state index in [1.54, 1.807) is 0 Å². The van der Waals surface area contributed by atoms with Crippen molar-refractivity contribution in [3.63, 3.8) is 0 Å². The van der Waals surface area contributed by atoms with Gasteiger partial charge in [0.2, 0.25) is 10.0 Å². The Labute approximate surface area is 118 Å². The molecule has 0 saturated heterocycles. The summed E-state index contributed by atoms with van der Waals surface area (Å²) in [4.78, 5) is 11.8. The molecule has 1 rings (SSSR count). The van der Waals surface area contributed by atoms with Gasteiger partial charge in [0.15, 0.2) is 0 Å². The zero-order valence-corrected chi connectivity index (χ0v) is 12.8. The van der Waals surface area contributed by atoms with Crippen LogP contribution in [0.1, 0.15) is 24.2 Å². The van der Waals surface area contributed by atoms with Crippen molar-refractivity contribution in [2.75, 3.05) is 14.1 Å². The largest absolute Gasteiger partial charge is 0.350 e. The number of nitrogens with one attached hydrogen (secondary N) is 1. The highest BCUT2D eigenvalue weighted by molar-refractivity contribution is 7.89. The molecule has 1 N–H and O–H groups in total. The number of halogens is 1. The molecule has 19 heavy (non-hydrogen) atoms. The standard InChI is InChI=1S/C12H17ClN2O3S/c1-8(2)14-12(16)9-5-6-10(13)11(7-9)19(17,18)15(3)4/h5-8H,1-4H3,(H,14,16). The average Bonchev–Trinajstić information content (AvgIpc) is 2.27. The van der Waals surface area contributed by atoms with Crippen LogP contribution in [0, 0.1) is 0 Å². The van der Waals surface area contributed by atoms with E-state index in [0.717, 1.165) is 4.31 Å². The summed E-state index contributed by atoms with van der Waals surface area (Å²) in [6.07, 6.45) is 0. The van der Waals surface area contributed by atoms with Gasteiger partial charge in [-0.1, -0.05) is 11.6 Å². The Balaban J connectivity index is 3.26. The summed E-state index contributed by atoms with van der Waals surface area (Å²) in [5.41, 5.74) is 0.263. The number of sulfonamides is 1. The average molecular weight is 305 g/mol. The minimum absolute atomic E-state index is 0.0305. The molecular weight excluding hydrogens is 288 g/mol. The normalized spacial score (nSPS) is 11.9. The Kier molecular flexibility index (Phi) is 4.95. The molecule has 0 aliphatic carbocycles. The third-order valence-electron chi connectivity index (χ3n) is 2.37. The van der Waals surface area contributed by atoms with Crippen molar-refractivity contribution in [2.24, 2.45) is 0 Å². The van der Waals surface area contributed by atoms with E-state index in [1.807, 2.05) is 13.8 Å². The van der Waals surface area contributed by atoms with Gasteiger partial charge >= 0.3 is 0 Å². The van der Waals surface area contributed by atoms with Crippen LogP contribution in [0.4, 0.5) is 0 Å². The van der Waals surface area contributed by atoms with Crippen LogP contribution in [-0.2, 0) is 10.0 Å². The Bertz CT molecular complexity index is 583. The maximum atomic E-state index is 12.1. The van der Waals surface area contributed by atoms with Crippen molar-refractivity contribution < 1.29 is 13.2 Å². The number of carbonyl (C=O) groups excluding carboxylic acids is 1. The summed E-state index contributed by atoms with van der Waals surface area (Å²) in [5.74, 6) is -0.332. The number of rotatable bonds is 4. The molecule has 5 nitrogen and oxygen atoms in total. The fourth-order valence-electron chi connectivity index (χ4n) is 1.38. The number of nitrogens with zero attached hydrogens (tertiary/aromatic N) is 1. The van der Waals surface area contributed by atoms with Gasteiger partial charge in [0.25, 0.3) is 5.91 Å². The van der Waals surface area contributed by atoms with E-state index in [4.69, 9.17) is 11.6 Å². The lowest BCUT2D eigenvalue weighted by atomic mass is 10.2. The van der Waals surface area contributed by atoms with E-state index in [9.17, 15) is 13.2 Å². The predicted octanol–water partition coefficient (Wildman–Crippen LogP) is 1.73. The summed E-state index contributed by atoms with van der Waals surface area (Å²) in [6.45, 7) is 3.65. The fourth-order valence-corrected chi connectivity index (χ4v) is 2.78. The zero-order valence-electron chi connectivity index (χ0n) is 11.3. The molecule has 1 amide bonds. The van der Waals surface area contributed by atoms with Crippen LogP contribution in [0.2, 0.25) is 5.02 Å². The number of hydrogen-bond acceptors (Lipinski definition) is 3. The zero-order chi connectivity index (χ0) is 14.8. The van der Waals surface area contributed by atoms with E-state index in [1.165, 1.54) is 32.3 Å². The molecule has 1 aromatic carbocycles. The van der Waals surface area contributed by atoms with E-state index in [2.05, 4.69) is 5.32 Å². The lowest BCUT2D eigenvalue weighted by Gasteiger charge is -2.14. The maximum absolute atomic E-state index is 12.1. The number of amides is 1.